The van der Waals surface area contributed by atoms with Crippen LogP contribution in [0.25, 0.3) is 11.3 Å². The summed E-state index contributed by atoms with van der Waals surface area (Å²) in [4.78, 5) is 12.7. The van der Waals surface area contributed by atoms with Crippen LogP contribution in [-0.4, -0.2) is 43.0 Å². The summed E-state index contributed by atoms with van der Waals surface area (Å²) >= 11 is 0. The smallest absolute Gasteiger partial charge is 0.269 e. The zero-order valence-corrected chi connectivity index (χ0v) is 18.9. The summed E-state index contributed by atoms with van der Waals surface area (Å²) in [7, 11) is 1.62. The number of rotatable bonds is 11. The minimum absolute atomic E-state index is 0.262. The third kappa shape index (κ3) is 5.51. The molecule has 0 spiro atoms. The van der Waals surface area contributed by atoms with Crippen LogP contribution in [0.5, 0.6) is 23.0 Å². The lowest BCUT2D eigenvalue weighted by atomic mass is 10.1. The van der Waals surface area contributed by atoms with E-state index in [1.807, 2.05) is 57.2 Å². The first-order valence-corrected chi connectivity index (χ1v) is 10.6. The average Bonchev–Trinajstić information content (AvgIpc) is 3.30. The van der Waals surface area contributed by atoms with Crippen molar-refractivity contribution in [3.63, 3.8) is 0 Å². The maximum absolute atomic E-state index is 12.7. The van der Waals surface area contributed by atoms with E-state index < -0.39 is 0 Å². The normalized spacial score (nSPS) is 10.5. The number of aromatic amines is 1. The average molecular weight is 440 g/mol. The Labute approximate surface area is 187 Å². The van der Waals surface area contributed by atoms with Crippen molar-refractivity contribution in [1.29, 1.82) is 0 Å². The number of benzene rings is 2. The Balaban J connectivity index is 1.73. The lowest BCUT2D eigenvalue weighted by Crippen LogP contribution is -2.23. The number of nitrogens with zero attached hydrogens (tertiary/aromatic N) is 1. The molecule has 1 aromatic heterocycles. The van der Waals surface area contributed by atoms with Crippen molar-refractivity contribution in [2.75, 3.05) is 26.9 Å². The molecular weight excluding hydrogens is 410 g/mol. The van der Waals surface area contributed by atoms with Crippen molar-refractivity contribution in [1.82, 2.24) is 15.5 Å². The fourth-order valence-corrected chi connectivity index (χ4v) is 3.17. The molecule has 0 saturated carbocycles. The van der Waals surface area contributed by atoms with Crippen LogP contribution in [0.4, 0.5) is 0 Å². The van der Waals surface area contributed by atoms with Gasteiger partial charge in [-0.25, -0.2) is 0 Å². The molecule has 3 rings (SSSR count). The van der Waals surface area contributed by atoms with Crippen LogP contribution in [0.3, 0.4) is 0 Å². The van der Waals surface area contributed by atoms with Crippen molar-refractivity contribution in [2.45, 2.75) is 27.3 Å². The number of hydrogen-bond acceptors (Lipinski definition) is 6. The van der Waals surface area contributed by atoms with Gasteiger partial charge in [0.1, 0.15) is 11.4 Å². The fraction of sp³-hybridized carbons (Fsp3) is 0.333. The van der Waals surface area contributed by atoms with Crippen molar-refractivity contribution >= 4 is 5.91 Å². The number of hydrogen-bond donors (Lipinski definition) is 2. The standard InChI is InChI=1S/C24H29N3O5/c1-5-30-21-12-16(13-22(31-6-2)23(21)32-7-3)15-25-24(28)20-14-19(26-27-20)17-8-10-18(29-4)11-9-17/h8-14H,5-7,15H2,1-4H3,(H,25,28)(H,26,27). The Morgan fingerprint density at radius 3 is 2.12 bits per heavy atom. The van der Waals surface area contributed by atoms with Crippen molar-refractivity contribution in [2.24, 2.45) is 0 Å². The van der Waals surface area contributed by atoms with E-state index in [0.29, 0.717) is 55.0 Å². The minimum atomic E-state index is -0.262. The van der Waals surface area contributed by atoms with Crippen LogP contribution in [0.2, 0.25) is 0 Å². The summed E-state index contributed by atoms with van der Waals surface area (Å²) in [6, 6.07) is 12.9. The van der Waals surface area contributed by atoms with E-state index in [1.165, 1.54) is 0 Å². The fourth-order valence-electron chi connectivity index (χ4n) is 3.17. The predicted octanol–water partition coefficient (Wildman–Crippen LogP) is 4.21. The number of carbonyl (C=O) groups is 1. The van der Waals surface area contributed by atoms with E-state index in [-0.39, 0.29) is 5.91 Å². The molecule has 2 N–H and O–H groups in total. The lowest BCUT2D eigenvalue weighted by molar-refractivity contribution is 0.0945. The summed E-state index contributed by atoms with van der Waals surface area (Å²) in [5.74, 6) is 2.25. The molecule has 0 saturated heterocycles. The van der Waals surface area contributed by atoms with Gasteiger partial charge in [-0.1, -0.05) is 0 Å². The quantitative estimate of drug-likeness (QED) is 0.465. The van der Waals surface area contributed by atoms with Crippen LogP contribution in [0.15, 0.2) is 42.5 Å². The van der Waals surface area contributed by atoms with Gasteiger partial charge in [0.05, 0.1) is 32.6 Å². The van der Waals surface area contributed by atoms with Gasteiger partial charge in [0.25, 0.3) is 5.91 Å². The molecule has 0 aliphatic rings. The molecule has 170 valence electrons. The Morgan fingerprint density at radius 2 is 1.56 bits per heavy atom. The summed E-state index contributed by atoms with van der Waals surface area (Å²) in [5.41, 5.74) is 2.77. The van der Waals surface area contributed by atoms with Crippen molar-refractivity contribution < 1.29 is 23.7 Å². The third-order valence-electron chi connectivity index (χ3n) is 4.63. The van der Waals surface area contributed by atoms with E-state index in [9.17, 15) is 4.79 Å². The number of amides is 1. The van der Waals surface area contributed by atoms with Gasteiger partial charge in [0.15, 0.2) is 11.5 Å². The first kappa shape index (κ1) is 23.0. The number of H-pyrrole nitrogens is 1. The molecule has 0 radical (unpaired) electrons. The van der Waals surface area contributed by atoms with E-state index in [4.69, 9.17) is 18.9 Å². The zero-order chi connectivity index (χ0) is 22.9. The molecule has 1 heterocycles. The topological polar surface area (TPSA) is 94.7 Å². The van der Waals surface area contributed by atoms with Gasteiger partial charge in [-0.2, -0.15) is 5.10 Å². The van der Waals surface area contributed by atoms with Gasteiger partial charge in [0.2, 0.25) is 5.75 Å². The van der Waals surface area contributed by atoms with Gasteiger partial charge in [-0.05, 0) is 68.8 Å². The molecule has 0 unspecified atom stereocenters. The molecule has 1 amide bonds. The monoisotopic (exact) mass is 439 g/mol. The Morgan fingerprint density at radius 1 is 0.938 bits per heavy atom. The highest BCUT2D eigenvalue weighted by Gasteiger charge is 2.16. The highest BCUT2D eigenvalue weighted by Crippen LogP contribution is 2.39. The predicted molar refractivity (Wildman–Crippen MR) is 122 cm³/mol. The molecule has 0 aliphatic carbocycles. The molecule has 2 aromatic carbocycles. The second-order valence-corrected chi connectivity index (χ2v) is 6.80. The van der Waals surface area contributed by atoms with E-state index in [1.54, 1.807) is 13.2 Å². The minimum Gasteiger partial charge on any atom is -0.497 e. The third-order valence-corrected chi connectivity index (χ3v) is 4.63. The summed E-state index contributed by atoms with van der Waals surface area (Å²) in [6.45, 7) is 7.48. The maximum atomic E-state index is 12.7. The molecule has 3 aromatic rings. The first-order valence-electron chi connectivity index (χ1n) is 10.6. The van der Waals surface area contributed by atoms with Crippen LogP contribution in [0.1, 0.15) is 36.8 Å². The van der Waals surface area contributed by atoms with Crippen LogP contribution < -0.4 is 24.3 Å². The largest absolute Gasteiger partial charge is 0.497 e. The highest BCUT2D eigenvalue weighted by atomic mass is 16.5. The number of carbonyl (C=O) groups excluding carboxylic acids is 1. The Bertz CT molecular complexity index is 1000. The molecule has 0 aliphatic heterocycles. The Kier molecular flexibility index (Phi) is 7.96. The number of methoxy groups -OCH3 is 1. The molecule has 8 nitrogen and oxygen atoms in total. The molecule has 32 heavy (non-hydrogen) atoms. The van der Waals surface area contributed by atoms with Gasteiger partial charge >= 0.3 is 0 Å². The summed E-state index contributed by atoms with van der Waals surface area (Å²) < 4.78 is 22.4. The molecule has 0 bridgehead atoms. The van der Waals surface area contributed by atoms with E-state index in [0.717, 1.165) is 16.9 Å². The second kappa shape index (κ2) is 11.1. The van der Waals surface area contributed by atoms with Gasteiger partial charge in [0, 0.05) is 12.1 Å². The lowest BCUT2D eigenvalue weighted by Gasteiger charge is -2.17. The van der Waals surface area contributed by atoms with Gasteiger partial charge in [-0.3, -0.25) is 9.89 Å². The maximum Gasteiger partial charge on any atom is 0.269 e. The Hall–Kier alpha value is -3.68. The highest BCUT2D eigenvalue weighted by molar-refractivity contribution is 5.93. The number of ether oxygens (including phenoxy) is 4. The van der Waals surface area contributed by atoms with E-state index in [2.05, 4.69) is 15.5 Å². The van der Waals surface area contributed by atoms with Gasteiger partial charge < -0.3 is 24.3 Å². The van der Waals surface area contributed by atoms with Crippen LogP contribution >= 0.6 is 0 Å². The molecule has 0 fully saturated rings. The van der Waals surface area contributed by atoms with E-state index >= 15 is 0 Å². The zero-order valence-electron chi connectivity index (χ0n) is 18.9. The number of aromatic nitrogens is 2. The second-order valence-electron chi connectivity index (χ2n) is 6.80. The molecule has 8 heteroatoms. The first-order chi connectivity index (χ1) is 15.6. The SMILES string of the molecule is CCOc1cc(CNC(=O)c2cc(-c3ccc(OC)cc3)n[nH]2)cc(OCC)c1OCC. The van der Waals surface area contributed by atoms with Crippen LogP contribution in [0, 0.1) is 0 Å². The van der Waals surface area contributed by atoms with Crippen molar-refractivity contribution in [3.8, 4) is 34.3 Å². The summed E-state index contributed by atoms with van der Waals surface area (Å²) in [6.07, 6.45) is 0. The molecular formula is C24H29N3O5. The molecule has 0 atom stereocenters. The van der Waals surface area contributed by atoms with Crippen LogP contribution in [-0.2, 0) is 6.54 Å². The summed E-state index contributed by atoms with van der Waals surface area (Å²) in [5, 5.41) is 9.95. The number of nitrogens with one attached hydrogen (secondary N) is 2. The van der Waals surface area contributed by atoms with Gasteiger partial charge in [-0.15, -0.1) is 0 Å². The van der Waals surface area contributed by atoms with Crippen molar-refractivity contribution in [3.05, 3.63) is 53.7 Å².